The van der Waals surface area contributed by atoms with Crippen LogP contribution < -0.4 is 0 Å². The summed E-state index contributed by atoms with van der Waals surface area (Å²) in [5.41, 5.74) is 3.46. The van der Waals surface area contributed by atoms with Gasteiger partial charge in [-0.3, -0.25) is 4.90 Å². The van der Waals surface area contributed by atoms with Crippen LogP contribution in [-0.4, -0.2) is 33.1 Å². The van der Waals surface area contributed by atoms with Crippen molar-refractivity contribution in [1.29, 1.82) is 0 Å². The van der Waals surface area contributed by atoms with Crippen LogP contribution in [0.4, 0.5) is 13.2 Å². The predicted molar refractivity (Wildman–Crippen MR) is 113 cm³/mol. The Morgan fingerprint density at radius 3 is 2.39 bits per heavy atom. The SMILES string of the molecule is CCc1nc2c(c(-c3ccc(O)cc3)n1)CCN(Cc1ccccc1C(F)(F)F)CC2. The van der Waals surface area contributed by atoms with E-state index in [1.54, 1.807) is 24.3 Å². The summed E-state index contributed by atoms with van der Waals surface area (Å²) < 4.78 is 40.2. The highest BCUT2D eigenvalue weighted by Crippen LogP contribution is 2.33. The fraction of sp³-hybridized carbons (Fsp3) is 0.333. The van der Waals surface area contributed by atoms with Crippen LogP contribution in [0.5, 0.6) is 5.75 Å². The maximum absolute atomic E-state index is 13.4. The molecule has 0 spiro atoms. The Labute approximate surface area is 179 Å². The maximum Gasteiger partial charge on any atom is 0.416 e. The van der Waals surface area contributed by atoms with E-state index in [2.05, 4.69) is 4.90 Å². The number of aromatic nitrogens is 2. The minimum absolute atomic E-state index is 0.189. The predicted octanol–water partition coefficient (Wildman–Crippen LogP) is 5.03. The van der Waals surface area contributed by atoms with Crippen LogP contribution >= 0.6 is 0 Å². The molecule has 4 rings (SSSR count). The summed E-state index contributed by atoms with van der Waals surface area (Å²) in [6, 6.07) is 12.7. The number of halogens is 3. The average Bonchev–Trinajstić information content (AvgIpc) is 2.96. The van der Waals surface area contributed by atoms with E-state index in [1.165, 1.54) is 6.07 Å². The van der Waals surface area contributed by atoms with E-state index in [4.69, 9.17) is 9.97 Å². The summed E-state index contributed by atoms with van der Waals surface area (Å²) >= 11 is 0. The Morgan fingerprint density at radius 1 is 0.968 bits per heavy atom. The van der Waals surface area contributed by atoms with Crippen LogP contribution in [-0.2, 0) is 32.0 Å². The topological polar surface area (TPSA) is 49.3 Å². The first-order chi connectivity index (χ1) is 14.8. The van der Waals surface area contributed by atoms with Gasteiger partial charge in [-0.2, -0.15) is 13.2 Å². The molecular formula is C24H24F3N3O. The lowest BCUT2D eigenvalue weighted by atomic mass is 10.0. The molecule has 0 radical (unpaired) electrons. The molecule has 1 aromatic heterocycles. The van der Waals surface area contributed by atoms with Gasteiger partial charge in [0.15, 0.2) is 0 Å². The maximum atomic E-state index is 13.4. The largest absolute Gasteiger partial charge is 0.508 e. The lowest BCUT2D eigenvalue weighted by Gasteiger charge is -2.22. The molecule has 0 unspecified atom stereocenters. The van der Waals surface area contributed by atoms with E-state index < -0.39 is 11.7 Å². The minimum Gasteiger partial charge on any atom is -0.508 e. The van der Waals surface area contributed by atoms with Gasteiger partial charge in [0.25, 0.3) is 0 Å². The molecular weight excluding hydrogens is 403 g/mol. The van der Waals surface area contributed by atoms with Crippen molar-refractivity contribution in [2.75, 3.05) is 13.1 Å². The van der Waals surface area contributed by atoms with Crippen molar-refractivity contribution >= 4 is 0 Å². The van der Waals surface area contributed by atoms with Gasteiger partial charge in [0, 0.05) is 49.3 Å². The number of nitrogens with zero attached hydrogens (tertiary/aromatic N) is 3. The fourth-order valence-electron chi connectivity index (χ4n) is 4.05. The number of rotatable bonds is 4. The van der Waals surface area contributed by atoms with Crippen LogP contribution in [0.1, 0.15) is 35.1 Å². The second-order valence-electron chi connectivity index (χ2n) is 7.75. The van der Waals surface area contributed by atoms with Crippen molar-refractivity contribution in [2.45, 2.75) is 38.9 Å². The van der Waals surface area contributed by atoms with Crippen molar-refractivity contribution < 1.29 is 18.3 Å². The zero-order chi connectivity index (χ0) is 22.0. The molecule has 4 nitrogen and oxygen atoms in total. The van der Waals surface area contributed by atoms with Crippen molar-refractivity contribution in [3.05, 3.63) is 76.7 Å². The molecule has 31 heavy (non-hydrogen) atoms. The number of hydrogen-bond donors (Lipinski definition) is 1. The Bertz CT molecular complexity index is 1060. The molecule has 3 aromatic rings. The summed E-state index contributed by atoms with van der Waals surface area (Å²) in [5.74, 6) is 0.937. The van der Waals surface area contributed by atoms with E-state index in [0.29, 0.717) is 37.9 Å². The summed E-state index contributed by atoms with van der Waals surface area (Å²) in [4.78, 5) is 11.5. The second kappa shape index (κ2) is 8.67. The molecule has 0 bridgehead atoms. The third-order valence-corrected chi connectivity index (χ3v) is 5.66. The Morgan fingerprint density at radius 2 is 1.68 bits per heavy atom. The number of phenolic OH excluding ortho intramolecular Hbond substituents is 1. The van der Waals surface area contributed by atoms with Crippen molar-refractivity contribution in [3.8, 4) is 17.0 Å². The molecule has 0 fully saturated rings. The van der Waals surface area contributed by atoms with Gasteiger partial charge in [0.1, 0.15) is 11.6 Å². The lowest BCUT2D eigenvalue weighted by Crippen LogP contribution is -2.27. The second-order valence-corrected chi connectivity index (χ2v) is 7.75. The molecule has 1 aliphatic heterocycles. The smallest absolute Gasteiger partial charge is 0.416 e. The van der Waals surface area contributed by atoms with Gasteiger partial charge in [0.05, 0.1) is 11.3 Å². The Hall–Kier alpha value is -2.93. The Kier molecular flexibility index (Phi) is 5.96. The van der Waals surface area contributed by atoms with Gasteiger partial charge in [-0.25, -0.2) is 9.97 Å². The standard InChI is InChI=1S/C24H24F3N3O/c1-2-22-28-21-12-14-30(15-17-5-3-4-6-20(17)24(25,26)27)13-11-19(21)23(29-22)16-7-9-18(31)10-8-16/h3-10,31H,2,11-15H2,1H3. The molecule has 2 heterocycles. The van der Waals surface area contributed by atoms with Crippen LogP contribution in [0, 0.1) is 0 Å². The molecule has 1 aliphatic rings. The number of alkyl halides is 3. The third kappa shape index (κ3) is 4.71. The van der Waals surface area contributed by atoms with E-state index in [0.717, 1.165) is 34.4 Å². The number of fused-ring (bicyclic) bond motifs is 1. The monoisotopic (exact) mass is 427 g/mol. The zero-order valence-electron chi connectivity index (χ0n) is 17.3. The summed E-state index contributed by atoms with van der Waals surface area (Å²) in [6.07, 6.45) is -2.35. The number of phenols is 1. The first-order valence-electron chi connectivity index (χ1n) is 10.4. The summed E-state index contributed by atoms with van der Waals surface area (Å²) in [7, 11) is 0. The van der Waals surface area contributed by atoms with Crippen molar-refractivity contribution in [3.63, 3.8) is 0 Å². The van der Waals surface area contributed by atoms with Crippen LogP contribution in [0.15, 0.2) is 48.5 Å². The van der Waals surface area contributed by atoms with Gasteiger partial charge in [-0.15, -0.1) is 0 Å². The highest BCUT2D eigenvalue weighted by atomic mass is 19.4. The normalized spacial score (nSPS) is 14.8. The van der Waals surface area contributed by atoms with Crippen molar-refractivity contribution in [1.82, 2.24) is 14.9 Å². The van der Waals surface area contributed by atoms with E-state index in [-0.39, 0.29) is 12.3 Å². The molecule has 1 N–H and O–H groups in total. The molecule has 162 valence electrons. The molecule has 0 aliphatic carbocycles. The van der Waals surface area contributed by atoms with E-state index in [9.17, 15) is 18.3 Å². The van der Waals surface area contributed by atoms with Crippen LogP contribution in [0.3, 0.4) is 0 Å². The quantitative estimate of drug-likeness (QED) is 0.634. The summed E-state index contributed by atoms with van der Waals surface area (Å²) in [5, 5.41) is 9.62. The third-order valence-electron chi connectivity index (χ3n) is 5.66. The van der Waals surface area contributed by atoms with Gasteiger partial charge in [-0.1, -0.05) is 25.1 Å². The van der Waals surface area contributed by atoms with Crippen LogP contribution in [0.25, 0.3) is 11.3 Å². The number of aryl methyl sites for hydroxylation is 1. The minimum atomic E-state index is -4.36. The number of benzene rings is 2. The molecule has 2 aromatic carbocycles. The highest BCUT2D eigenvalue weighted by Gasteiger charge is 2.33. The summed E-state index contributed by atoms with van der Waals surface area (Å²) in [6.45, 7) is 3.50. The molecule has 0 amide bonds. The first kappa shape index (κ1) is 21.3. The highest BCUT2D eigenvalue weighted by molar-refractivity contribution is 5.65. The average molecular weight is 427 g/mol. The molecule has 7 heteroatoms. The molecule has 0 saturated heterocycles. The Balaban J connectivity index is 1.62. The zero-order valence-corrected chi connectivity index (χ0v) is 17.3. The fourth-order valence-corrected chi connectivity index (χ4v) is 4.05. The van der Waals surface area contributed by atoms with Gasteiger partial charge in [0.2, 0.25) is 0 Å². The van der Waals surface area contributed by atoms with Gasteiger partial charge < -0.3 is 5.11 Å². The van der Waals surface area contributed by atoms with Crippen LogP contribution in [0.2, 0.25) is 0 Å². The molecule has 0 atom stereocenters. The van der Waals surface area contributed by atoms with E-state index in [1.807, 2.05) is 19.1 Å². The van der Waals surface area contributed by atoms with Crippen molar-refractivity contribution in [2.24, 2.45) is 0 Å². The van der Waals surface area contributed by atoms with E-state index >= 15 is 0 Å². The number of aromatic hydroxyl groups is 1. The van der Waals surface area contributed by atoms with Gasteiger partial charge >= 0.3 is 6.18 Å². The first-order valence-corrected chi connectivity index (χ1v) is 10.4. The number of hydrogen-bond acceptors (Lipinski definition) is 4. The van der Waals surface area contributed by atoms with Gasteiger partial charge in [-0.05, 0) is 42.3 Å². The lowest BCUT2D eigenvalue weighted by molar-refractivity contribution is -0.138. The molecule has 0 saturated carbocycles.